The van der Waals surface area contributed by atoms with Crippen LogP contribution in [-0.2, 0) is 6.42 Å². The van der Waals surface area contributed by atoms with Crippen molar-refractivity contribution in [2.75, 3.05) is 24.5 Å². The fourth-order valence-electron chi connectivity index (χ4n) is 6.34. The second kappa shape index (κ2) is 10.2. The predicted octanol–water partition coefficient (Wildman–Crippen LogP) is 4.41. The molecule has 3 aromatic heterocycles. The third kappa shape index (κ3) is 4.52. The van der Waals surface area contributed by atoms with Crippen LogP contribution < -0.4 is 4.90 Å². The number of aliphatic hydroxyl groups is 1. The lowest BCUT2D eigenvalue weighted by molar-refractivity contribution is 0.0672. The minimum Gasteiger partial charge on any atom is -0.388 e. The Labute approximate surface area is 251 Å². The van der Waals surface area contributed by atoms with Gasteiger partial charge in [-0.1, -0.05) is 24.3 Å². The lowest BCUT2D eigenvalue weighted by Gasteiger charge is -2.35. The number of β-amino-alcohol motifs (C(OH)–C–C–N with tert-alkyl or cyclic N) is 1. The maximum absolute atomic E-state index is 15.5. The molecule has 2 aromatic carbocycles. The number of nitrogens with zero attached hydrogens (tertiary/aromatic N) is 8. The largest absolute Gasteiger partial charge is 0.388 e. The van der Waals surface area contributed by atoms with Gasteiger partial charge in [-0.2, -0.15) is 20.1 Å². The van der Waals surface area contributed by atoms with E-state index in [-0.39, 0.29) is 42.3 Å². The van der Waals surface area contributed by atoms with Gasteiger partial charge < -0.3 is 14.9 Å². The second-order valence-corrected chi connectivity index (χ2v) is 11.9. The molecule has 0 unspecified atom stereocenters. The molecule has 1 N–H and O–H groups in total. The number of fused-ring (bicyclic) bond motifs is 2. The van der Waals surface area contributed by atoms with Gasteiger partial charge in [0.15, 0.2) is 5.65 Å². The summed E-state index contributed by atoms with van der Waals surface area (Å²) in [5.74, 6) is -0.747. The molecule has 1 saturated heterocycles. The first-order chi connectivity index (χ1) is 21.3. The molecule has 1 saturated carbocycles. The van der Waals surface area contributed by atoms with Gasteiger partial charge in [0.1, 0.15) is 29.5 Å². The molecule has 10 nitrogen and oxygen atoms in total. The number of alkyl halides is 1. The standard InChI is InChI=1S/C32H30F2N8O2/c1-18-22-5-3-2-4-19(22)10-11-40(18)32(44)27-13-29(28-15-35-42(38-28)20-6-7-20)41-31(36-27)14-26(37-41)23-9-8-21(12-24(23)33)39-16-25(34)30(43)17-39/h2-5,8-9,12-15,18,20,25,30,43H,6-7,10-11,16-17H2,1H3/t18-,25-,30-/m1/s1. The van der Waals surface area contributed by atoms with Crippen LogP contribution >= 0.6 is 0 Å². The molecule has 224 valence electrons. The van der Waals surface area contributed by atoms with Crippen molar-refractivity contribution in [2.24, 2.45) is 0 Å². The number of carbonyl (C=O) groups is 1. The van der Waals surface area contributed by atoms with Gasteiger partial charge in [0, 0.05) is 30.4 Å². The SMILES string of the molecule is C[C@@H]1c2ccccc2CCN1C(=O)c1cc(-c2cnn(C3CC3)n2)n2nc(-c3ccc(N4C[C@@H](O)[C@H](F)C4)cc3F)cc2n1. The third-order valence-electron chi connectivity index (χ3n) is 8.96. The fourth-order valence-corrected chi connectivity index (χ4v) is 6.34. The van der Waals surface area contributed by atoms with Crippen LogP contribution in [0.1, 0.15) is 53.5 Å². The minimum absolute atomic E-state index is 0.00115. The van der Waals surface area contributed by atoms with Gasteiger partial charge in [-0.3, -0.25) is 4.79 Å². The number of rotatable bonds is 5. The number of halogens is 2. The fraction of sp³-hybridized carbons (Fsp3) is 0.344. The molecule has 8 rings (SSSR count). The number of aromatic nitrogens is 6. The third-order valence-corrected chi connectivity index (χ3v) is 8.96. The molecule has 2 fully saturated rings. The Hall–Kier alpha value is -4.71. The van der Waals surface area contributed by atoms with Gasteiger partial charge in [0.05, 0.1) is 36.2 Å². The Bertz CT molecular complexity index is 1910. The molecule has 1 aliphatic carbocycles. The van der Waals surface area contributed by atoms with E-state index >= 15 is 4.39 Å². The van der Waals surface area contributed by atoms with Crippen molar-refractivity contribution in [3.8, 4) is 22.6 Å². The van der Waals surface area contributed by atoms with Crippen molar-refractivity contribution in [3.05, 3.63) is 83.4 Å². The number of carbonyl (C=O) groups excluding carboxylic acids is 1. The first kappa shape index (κ1) is 26.9. The van der Waals surface area contributed by atoms with Crippen molar-refractivity contribution in [1.82, 2.24) is 34.5 Å². The maximum Gasteiger partial charge on any atom is 0.273 e. The molecule has 5 heterocycles. The van der Waals surface area contributed by atoms with Crippen molar-refractivity contribution >= 4 is 17.2 Å². The van der Waals surface area contributed by atoms with E-state index in [2.05, 4.69) is 22.3 Å². The van der Waals surface area contributed by atoms with E-state index in [0.29, 0.717) is 35.0 Å². The molecule has 5 aromatic rings. The Morgan fingerprint density at radius 1 is 1.02 bits per heavy atom. The number of anilines is 1. The molecule has 3 atom stereocenters. The Kier molecular flexibility index (Phi) is 6.23. The zero-order valence-electron chi connectivity index (χ0n) is 24.0. The summed E-state index contributed by atoms with van der Waals surface area (Å²) >= 11 is 0. The molecule has 3 aliphatic rings. The van der Waals surface area contributed by atoms with Crippen LogP contribution in [0.3, 0.4) is 0 Å². The van der Waals surface area contributed by atoms with Crippen LogP contribution in [0.2, 0.25) is 0 Å². The summed E-state index contributed by atoms with van der Waals surface area (Å²) in [6.07, 6.45) is 1.96. The Balaban J connectivity index is 1.19. The first-order valence-corrected chi connectivity index (χ1v) is 14.9. The summed E-state index contributed by atoms with van der Waals surface area (Å²) in [5, 5.41) is 23.6. The lowest BCUT2D eigenvalue weighted by atomic mass is 9.93. The van der Waals surface area contributed by atoms with E-state index in [0.717, 1.165) is 24.8 Å². The van der Waals surface area contributed by atoms with Gasteiger partial charge in [0.25, 0.3) is 5.91 Å². The number of amides is 1. The molecule has 0 spiro atoms. The van der Waals surface area contributed by atoms with Gasteiger partial charge >= 0.3 is 0 Å². The molecule has 44 heavy (non-hydrogen) atoms. The molecular weight excluding hydrogens is 566 g/mol. The van der Waals surface area contributed by atoms with E-state index in [1.165, 1.54) is 11.6 Å². The highest BCUT2D eigenvalue weighted by molar-refractivity contribution is 5.94. The average molecular weight is 597 g/mol. The second-order valence-electron chi connectivity index (χ2n) is 11.9. The van der Waals surface area contributed by atoms with Crippen LogP contribution in [0, 0.1) is 5.82 Å². The van der Waals surface area contributed by atoms with E-state index in [9.17, 15) is 14.3 Å². The minimum atomic E-state index is -1.38. The van der Waals surface area contributed by atoms with Gasteiger partial charge in [-0.05, 0) is 61.6 Å². The van der Waals surface area contributed by atoms with Crippen LogP contribution in [-0.4, -0.2) is 77.4 Å². The molecule has 12 heteroatoms. The van der Waals surface area contributed by atoms with Gasteiger partial charge in [-0.15, -0.1) is 0 Å². The van der Waals surface area contributed by atoms with Crippen molar-refractivity contribution in [1.29, 1.82) is 0 Å². The van der Waals surface area contributed by atoms with E-state index in [4.69, 9.17) is 10.1 Å². The summed E-state index contributed by atoms with van der Waals surface area (Å²) < 4.78 is 31.0. The highest BCUT2D eigenvalue weighted by Crippen LogP contribution is 2.35. The van der Waals surface area contributed by atoms with Crippen molar-refractivity contribution in [2.45, 2.75) is 50.5 Å². The topological polar surface area (TPSA) is 105 Å². The van der Waals surface area contributed by atoms with Gasteiger partial charge in [0.2, 0.25) is 0 Å². The number of benzene rings is 2. The monoisotopic (exact) mass is 596 g/mol. The summed E-state index contributed by atoms with van der Waals surface area (Å²) in [7, 11) is 0. The quantitative estimate of drug-likeness (QED) is 0.321. The van der Waals surface area contributed by atoms with Crippen LogP contribution in [0.25, 0.3) is 28.3 Å². The average Bonchev–Trinajstić information content (AvgIpc) is 3.43. The first-order valence-electron chi connectivity index (χ1n) is 14.9. The van der Waals surface area contributed by atoms with Crippen LogP contribution in [0.5, 0.6) is 0 Å². The molecule has 1 amide bonds. The summed E-state index contributed by atoms with van der Waals surface area (Å²) in [6.45, 7) is 2.69. The zero-order chi connectivity index (χ0) is 30.1. The summed E-state index contributed by atoms with van der Waals surface area (Å²) in [5.41, 5.74) is 5.08. The highest BCUT2D eigenvalue weighted by atomic mass is 19.1. The lowest BCUT2D eigenvalue weighted by Crippen LogP contribution is -2.39. The number of hydrogen-bond donors (Lipinski definition) is 1. The summed E-state index contributed by atoms with van der Waals surface area (Å²) in [4.78, 5) is 23.8. The number of aliphatic hydroxyl groups excluding tert-OH is 1. The predicted molar refractivity (Wildman–Crippen MR) is 158 cm³/mol. The van der Waals surface area contributed by atoms with Crippen LogP contribution in [0.4, 0.5) is 14.5 Å². The Morgan fingerprint density at radius 3 is 2.64 bits per heavy atom. The Morgan fingerprint density at radius 2 is 1.86 bits per heavy atom. The summed E-state index contributed by atoms with van der Waals surface area (Å²) in [6, 6.07) is 16.2. The van der Waals surface area contributed by atoms with E-state index < -0.39 is 18.1 Å². The maximum atomic E-state index is 15.5. The van der Waals surface area contributed by atoms with E-state index in [1.54, 1.807) is 44.7 Å². The van der Waals surface area contributed by atoms with Crippen molar-refractivity contribution in [3.63, 3.8) is 0 Å². The zero-order valence-corrected chi connectivity index (χ0v) is 24.0. The van der Waals surface area contributed by atoms with Gasteiger partial charge in [-0.25, -0.2) is 18.3 Å². The smallest absolute Gasteiger partial charge is 0.273 e. The molecule has 2 aliphatic heterocycles. The highest BCUT2D eigenvalue weighted by Gasteiger charge is 2.33. The molecule has 0 bridgehead atoms. The molecular formula is C32H30F2N8O2. The van der Waals surface area contributed by atoms with Crippen molar-refractivity contribution < 1.29 is 18.7 Å². The normalized spacial score (nSPS) is 21.7. The van der Waals surface area contributed by atoms with E-state index in [1.807, 2.05) is 24.0 Å². The molecule has 0 radical (unpaired) electrons. The van der Waals surface area contributed by atoms with Crippen LogP contribution in [0.15, 0.2) is 60.8 Å². The number of hydrogen-bond acceptors (Lipinski definition) is 7.